The summed E-state index contributed by atoms with van der Waals surface area (Å²) in [5, 5.41) is 5.11. The number of benzene rings is 2. The molecule has 0 bridgehead atoms. The monoisotopic (exact) mass is 367 g/mol. The van der Waals surface area contributed by atoms with Crippen molar-refractivity contribution in [2.24, 2.45) is 5.10 Å². The van der Waals surface area contributed by atoms with Gasteiger partial charge >= 0.3 is 0 Å². The van der Waals surface area contributed by atoms with E-state index >= 15 is 0 Å². The van der Waals surface area contributed by atoms with Gasteiger partial charge in [-0.15, -0.1) is 0 Å². The number of hydrogen-bond donors (Lipinski definition) is 1. The lowest BCUT2D eigenvalue weighted by atomic mass is 10.2. The van der Waals surface area contributed by atoms with Gasteiger partial charge in [0.25, 0.3) is 5.91 Å². The second-order valence-electron chi connectivity index (χ2n) is 5.75. The Balaban J connectivity index is 1.69. The van der Waals surface area contributed by atoms with Crippen LogP contribution in [0.25, 0.3) is 10.9 Å². The third-order valence-corrected chi connectivity index (χ3v) is 4.08. The predicted molar refractivity (Wildman–Crippen MR) is 104 cm³/mol. The maximum absolute atomic E-state index is 12.2. The average Bonchev–Trinajstić information content (AvgIpc) is 3.10. The second kappa shape index (κ2) is 8.27. The minimum atomic E-state index is -0.222. The summed E-state index contributed by atoms with van der Waals surface area (Å²) in [5.41, 5.74) is 4.24. The summed E-state index contributed by atoms with van der Waals surface area (Å²) in [6.45, 7) is 0.181. The van der Waals surface area contributed by atoms with Crippen LogP contribution in [0.5, 0.6) is 17.2 Å². The van der Waals surface area contributed by atoms with Crippen LogP contribution in [0.1, 0.15) is 5.56 Å². The van der Waals surface area contributed by atoms with Gasteiger partial charge in [0.2, 0.25) is 5.75 Å². The molecule has 2 aromatic carbocycles. The molecule has 1 heterocycles. The molecule has 1 aromatic heterocycles. The number of para-hydroxylation sites is 1. The number of aromatic nitrogens is 1. The Labute approximate surface area is 157 Å². The number of nitrogens with zero attached hydrogens (tertiary/aromatic N) is 2. The molecule has 0 aliphatic carbocycles. The van der Waals surface area contributed by atoms with Crippen molar-refractivity contribution in [1.82, 2.24) is 9.99 Å². The lowest BCUT2D eigenvalue weighted by molar-refractivity contribution is -0.121. The molecule has 0 saturated carbocycles. The number of ether oxygens (including phenoxy) is 3. The lowest BCUT2D eigenvalue weighted by Gasteiger charge is -2.12. The Morgan fingerprint density at radius 1 is 1.07 bits per heavy atom. The van der Waals surface area contributed by atoms with Gasteiger partial charge < -0.3 is 18.8 Å². The molecule has 0 fully saturated rings. The van der Waals surface area contributed by atoms with Crippen LogP contribution in [0.15, 0.2) is 53.8 Å². The molecule has 0 saturated heterocycles. The van der Waals surface area contributed by atoms with Crippen molar-refractivity contribution in [2.75, 3.05) is 21.3 Å². The van der Waals surface area contributed by atoms with E-state index in [1.54, 1.807) is 33.5 Å². The van der Waals surface area contributed by atoms with Gasteiger partial charge in [-0.05, 0) is 29.7 Å². The number of nitrogens with one attached hydrogen (secondary N) is 1. The van der Waals surface area contributed by atoms with E-state index in [4.69, 9.17) is 14.2 Å². The van der Waals surface area contributed by atoms with Crippen molar-refractivity contribution in [3.05, 3.63) is 54.2 Å². The molecule has 0 radical (unpaired) electrons. The van der Waals surface area contributed by atoms with Gasteiger partial charge in [0.1, 0.15) is 6.54 Å². The predicted octanol–water partition coefficient (Wildman–Crippen LogP) is 2.82. The van der Waals surface area contributed by atoms with Crippen LogP contribution in [-0.2, 0) is 11.3 Å². The number of methoxy groups -OCH3 is 3. The fourth-order valence-corrected chi connectivity index (χ4v) is 2.82. The van der Waals surface area contributed by atoms with Crippen LogP contribution in [0.4, 0.5) is 0 Å². The SMILES string of the molecule is COc1cc(/C=N\NC(=O)Cn2ccc3ccccc32)cc(OC)c1OC. The number of amides is 1. The molecule has 1 amide bonds. The molecule has 0 aliphatic rings. The van der Waals surface area contributed by atoms with Crippen molar-refractivity contribution < 1.29 is 19.0 Å². The molecule has 7 heteroatoms. The number of rotatable bonds is 7. The topological polar surface area (TPSA) is 74.1 Å². The molecule has 0 spiro atoms. The number of carbonyl (C=O) groups is 1. The van der Waals surface area contributed by atoms with Crippen LogP contribution < -0.4 is 19.6 Å². The van der Waals surface area contributed by atoms with Crippen molar-refractivity contribution in [1.29, 1.82) is 0 Å². The first-order valence-electron chi connectivity index (χ1n) is 8.32. The summed E-state index contributed by atoms with van der Waals surface area (Å²) >= 11 is 0. The number of hydrogen-bond acceptors (Lipinski definition) is 5. The third kappa shape index (κ3) is 4.03. The Bertz CT molecular complexity index is 953. The summed E-state index contributed by atoms with van der Waals surface area (Å²) in [5.74, 6) is 1.31. The third-order valence-electron chi connectivity index (χ3n) is 4.08. The maximum atomic E-state index is 12.2. The molecule has 27 heavy (non-hydrogen) atoms. The maximum Gasteiger partial charge on any atom is 0.259 e. The molecule has 3 rings (SSSR count). The molecule has 1 N–H and O–H groups in total. The minimum Gasteiger partial charge on any atom is -0.493 e. The molecule has 0 unspecified atom stereocenters. The van der Waals surface area contributed by atoms with Gasteiger partial charge in [-0.3, -0.25) is 4.79 Å². The van der Waals surface area contributed by atoms with Gasteiger partial charge in [-0.25, -0.2) is 5.43 Å². The normalized spacial score (nSPS) is 10.9. The number of hydrazone groups is 1. The molecule has 0 aliphatic heterocycles. The summed E-state index contributed by atoms with van der Waals surface area (Å²) in [6, 6.07) is 13.4. The van der Waals surface area contributed by atoms with Gasteiger partial charge in [0.15, 0.2) is 11.5 Å². The van der Waals surface area contributed by atoms with Gasteiger partial charge in [0, 0.05) is 17.3 Å². The Hall–Kier alpha value is -3.48. The molecule has 0 atom stereocenters. The Kier molecular flexibility index (Phi) is 5.61. The highest BCUT2D eigenvalue weighted by Gasteiger charge is 2.12. The quantitative estimate of drug-likeness (QED) is 0.515. The first kappa shape index (κ1) is 18.3. The van der Waals surface area contributed by atoms with E-state index in [0.29, 0.717) is 22.8 Å². The van der Waals surface area contributed by atoms with Crippen LogP contribution in [0.3, 0.4) is 0 Å². The van der Waals surface area contributed by atoms with Gasteiger partial charge in [-0.2, -0.15) is 5.10 Å². The highest BCUT2D eigenvalue weighted by atomic mass is 16.5. The van der Waals surface area contributed by atoms with Crippen molar-refractivity contribution in [3.63, 3.8) is 0 Å². The smallest absolute Gasteiger partial charge is 0.259 e. The molecular weight excluding hydrogens is 346 g/mol. The van der Waals surface area contributed by atoms with Crippen molar-refractivity contribution in [3.8, 4) is 17.2 Å². The standard InChI is InChI=1S/C20H21N3O4/c1-25-17-10-14(11-18(26-2)20(17)27-3)12-21-22-19(24)13-23-9-8-15-6-4-5-7-16(15)23/h4-12H,13H2,1-3H3,(H,22,24)/b21-12-. The van der Waals surface area contributed by atoms with E-state index in [2.05, 4.69) is 10.5 Å². The fraction of sp³-hybridized carbons (Fsp3) is 0.200. The van der Waals surface area contributed by atoms with Crippen molar-refractivity contribution in [2.45, 2.75) is 6.54 Å². The van der Waals surface area contributed by atoms with Gasteiger partial charge in [0.05, 0.1) is 27.5 Å². The van der Waals surface area contributed by atoms with Gasteiger partial charge in [-0.1, -0.05) is 18.2 Å². The summed E-state index contributed by atoms with van der Waals surface area (Å²) in [4.78, 5) is 12.2. The van der Waals surface area contributed by atoms with Crippen LogP contribution in [0, 0.1) is 0 Å². The lowest BCUT2D eigenvalue weighted by Crippen LogP contribution is -2.22. The average molecular weight is 367 g/mol. The Morgan fingerprint density at radius 3 is 2.44 bits per heavy atom. The van der Waals surface area contributed by atoms with Crippen molar-refractivity contribution >= 4 is 23.0 Å². The van der Waals surface area contributed by atoms with Crippen LogP contribution >= 0.6 is 0 Å². The molecule has 140 valence electrons. The Morgan fingerprint density at radius 2 is 1.78 bits per heavy atom. The zero-order chi connectivity index (χ0) is 19.2. The summed E-state index contributed by atoms with van der Waals surface area (Å²) in [6.07, 6.45) is 3.41. The fourth-order valence-electron chi connectivity index (χ4n) is 2.82. The van der Waals surface area contributed by atoms with E-state index in [9.17, 15) is 4.79 Å². The van der Waals surface area contributed by atoms with E-state index < -0.39 is 0 Å². The summed E-state index contributed by atoms with van der Waals surface area (Å²) < 4.78 is 17.8. The molecular formula is C20H21N3O4. The highest BCUT2D eigenvalue weighted by molar-refractivity contribution is 5.85. The second-order valence-corrected chi connectivity index (χ2v) is 5.75. The van der Waals surface area contributed by atoms with E-state index in [0.717, 1.165) is 10.9 Å². The van der Waals surface area contributed by atoms with E-state index in [-0.39, 0.29) is 12.5 Å². The first-order chi connectivity index (χ1) is 13.2. The van der Waals surface area contributed by atoms with E-state index in [1.807, 2.05) is 41.1 Å². The zero-order valence-electron chi connectivity index (χ0n) is 15.4. The van der Waals surface area contributed by atoms with Crippen LogP contribution in [0.2, 0.25) is 0 Å². The van der Waals surface area contributed by atoms with Crippen LogP contribution in [-0.4, -0.2) is 38.0 Å². The van der Waals surface area contributed by atoms with E-state index in [1.165, 1.54) is 6.21 Å². The number of fused-ring (bicyclic) bond motifs is 1. The first-order valence-corrected chi connectivity index (χ1v) is 8.32. The highest BCUT2D eigenvalue weighted by Crippen LogP contribution is 2.37. The zero-order valence-corrected chi connectivity index (χ0v) is 15.4. The molecule has 7 nitrogen and oxygen atoms in total. The minimum absolute atomic E-state index is 0.181. The largest absolute Gasteiger partial charge is 0.493 e. The number of carbonyl (C=O) groups excluding carboxylic acids is 1. The molecule has 3 aromatic rings. The summed E-state index contributed by atoms with van der Waals surface area (Å²) in [7, 11) is 4.63.